The molecule has 0 saturated carbocycles. The van der Waals surface area contributed by atoms with Gasteiger partial charge < -0.3 is 5.73 Å². The molecule has 2 N–H and O–H groups in total. The van der Waals surface area contributed by atoms with Crippen molar-refractivity contribution in [3.63, 3.8) is 0 Å². The van der Waals surface area contributed by atoms with Crippen LogP contribution in [0.1, 0.15) is 31.2 Å². The van der Waals surface area contributed by atoms with E-state index < -0.39 is 0 Å². The number of hydrogen-bond acceptors (Lipinski definition) is 1. The molecule has 0 radical (unpaired) electrons. The van der Waals surface area contributed by atoms with Crippen LogP contribution in [0.3, 0.4) is 0 Å². The summed E-state index contributed by atoms with van der Waals surface area (Å²) < 4.78 is 13.2. The van der Waals surface area contributed by atoms with Gasteiger partial charge >= 0.3 is 0 Å². The molecule has 1 nitrogen and oxygen atoms in total. The highest BCUT2D eigenvalue weighted by Gasteiger charge is 2.07. The first-order valence-corrected chi connectivity index (χ1v) is 5.02. The molecule has 0 fully saturated rings. The van der Waals surface area contributed by atoms with Crippen LogP contribution in [0.25, 0.3) is 5.57 Å². The van der Waals surface area contributed by atoms with Crippen LogP contribution in [0.2, 0.25) is 0 Å². The van der Waals surface area contributed by atoms with Crippen LogP contribution in [0.15, 0.2) is 24.3 Å². The second kappa shape index (κ2) is 3.82. The molecule has 0 saturated heterocycles. The quantitative estimate of drug-likeness (QED) is 0.677. The topological polar surface area (TPSA) is 26.0 Å². The van der Waals surface area contributed by atoms with Gasteiger partial charge in [-0.1, -0.05) is 12.1 Å². The van der Waals surface area contributed by atoms with Crippen LogP contribution in [0, 0.1) is 5.82 Å². The first kappa shape index (κ1) is 9.25. The second-order valence-electron chi connectivity index (χ2n) is 3.71. The molecule has 0 aromatic heterocycles. The van der Waals surface area contributed by atoms with E-state index in [4.69, 9.17) is 5.73 Å². The van der Waals surface area contributed by atoms with Gasteiger partial charge in [-0.3, -0.25) is 0 Å². The van der Waals surface area contributed by atoms with E-state index in [1.165, 1.54) is 24.5 Å². The van der Waals surface area contributed by atoms with Gasteiger partial charge in [0.25, 0.3) is 0 Å². The van der Waals surface area contributed by atoms with Gasteiger partial charge in [0.05, 0.1) is 5.69 Å². The fourth-order valence-corrected chi connectivity index (χ4v) is 1.83. The highest BCUT2D eigenvalue weighted by molar-refractivity contribution is 5.67. The molecule has 0 unspecified atom stereocenters. The number of rotatable bonds is 1. The van der Waals surface area contributed by atoms with E-state index in [2.05, 4.69) is 6.08 Å². The zero-order valence-electron chi connectivity index (χ0n) is 8.09. The summed E-state index contributed by atoms with van der Waals surface area (Å²) in [6.45, 7) is 0. The van der Waals surface area contributed by atoms with E-state index in [9.17, 15) is 4.39 Å². The van der Waals surface area contributed by atoms with Gasteiger partial charge in [0.1, 0.15) is 5.82 Å². The Morgan fingerprint density at radius 1 is 1.21 bits per heavy atom. The van der Waals surface area contributed by atoms with Crippen molar-refractivity contribution in [2.45, 2.75) is 25.7 Å². The van der Waals surface area contributed by atoms with Crippen molar-refractivity contribution in [3.8, 4) is 0 Å². The molecule has 74 valence electrons. The molecule has 2 rings (SSSR count). The lowest BCUT2D eigenvalue weighted by atomic mass is 9.93. The maximum atomic E-state index is 13.2. The lowest BCUT2D eigenvalue weighted by Crippen LogP contribution is -1.95. The maximum absolute atomic E-state index is 13.2. The van der Waals surface area contributed by atoms with Gasteiger partial charge in [0.2, 0.25) is 0 Å². The van der Waals surface area contributed by atoms with Crippen molar-refractivity contribution in [1.29, 1.82) is 0 Å². The van der Waals surface area contributed by atoms with E-state index in [-0.39, 0.29) is 11.5 Å². The molecule has 0 bridgehead atoms. The molecule has 0 atom stereocenters. The van der Waals surface area contributed by atoms with Crippen LogP contribution in [0.5, 0.6) is 0 Å². The van der Waals surface area contributed by atoms with Gasteiger partial charge in [-0.2, -0.15) is 0 Å². The van der Waals surface area contributed by atoms with Crippen LogP contribution in [-0.4, -0.2) is 0 Å². The van der Waals surface area contributed by atoms with E-state index >= 15 is 0 Å². The normalized spacial score (nSPS) is 16.5. The first-order chi connectivity index (χ1) is 6.77. The molecule has 0 heterocycles. The van der Waals surface area contributed by atoms with E-state index in [1.54, 1.807) is 6.07 Å². The molecule has 0 spiro atoms. The third-order valence-corrected chi connectivity index (χ3v) is 2.66. The average molecular weight is 191 g/mol. The average Bonchev–Trinajstić information content (AvgIpc) is 2.23. The van der Waals surface area contributed by atoms with E-state index in [0.29, 0.717) is 0 Å². The largest absolute Gasteiger partial charge is 0.396 e. The minimum Gasteiger partial charge on any atom is -0.396 e. The summed E-state index contributed by atoms with van der Waals surface area (Å²) in [6.07, 6.45) is 6.83. The Bertz CT molecular complexity index is 369. The molecule has 1 aromatic carbocycles. The van der Waals surface area contributed by atoms with Crippen molar-refractivity contribution >= 4 is 11.3 Å². The Hall–Kier alpha value is -1.31. The molecule has 14 heavy (non-hydrogen) atoms. The van der Waals surface area contributed by atoms with Gasteiger partial charge in [-0.05, 0) is 49.0 Å². The Morgan fingerprint density at radius 2 is 2.07 bits per heavy atom. The van der Waals surface area contributed by atoms with Gasteiger partial charge in [-0.15, -0.1) is 0 Å². The lowest BCUT2D eigenvalue weighted by molar-refractivity contribution is 0.631. The summed E-state index contributed by atoms with van der Waals surface area (Å²) in [4.78, 5) is 0. The van der Waals surface area contributed by atoms with Crippen molar-refractivity contribution in [1.82, 2.24) is 0 Å². The summed E-state index contributed by atoms with van der Waals surface area (Å²) in [6, 6.07) is 5.07. The SMILES string of the molecule is Nc1ccc(C2=CCCCC2)cc1F. The third kappa shape index (κ3) is 1.79. The zero-order chi connectivity index (χ0) is 9.97. The van der Waals surface area contributed by atoms with Crippen molar-refractivity contribution in [2.24, 2.45) is 0 Å². The molecule has 1 aliphatic carbocycles. The number of hydrogen-bond donors (Lipinski definition) is 1. The molecule has 2 heteroatoms. The molecule has 0 aliphatic heterocycles. The van der Waals surface area contributed by atoms with Gasteiger partial charge in [0, 0.05) is 0 Å². The number of nitrogen functional groups attached to an aromatic ring is 1. The first-order valence-electron chi connectivity index (χ1n) is 5.02. The number of allylic oxidation sites excluding steroid dienone is 2. The molecular weight excluding hydrogens is 177 g/mol. The van der Waals surface area contributed by atoms with Crippen molar-refractivity contribution in [2.75, 3.05) is 5.73 Å². The number of nitrogens with two attached hydrogens (primary N) is 1. The highest BCUT2D eigenvalue weighted by Crippen LogP contribution is 2.27. The fraction of sp³-hybridized carbons (Fsp3) is 0.333. The fourth-order valence-electron chi connectivity index (χ4n) is 1.83. The lowest BCUT2D eigenvalue weighted by Gasteiger charge is -2.13. The Kier molecular flexibility index (Phi) is 2.53. The standard InChI is InChI=1S/C12H14FN/c13-11-8-10(6-7-12(11)14)9-4-2-1-3-5-9/h4,6-8H,1-3,5,14H2. The summed E-state index contributed by atoms with van der Waals surface area (Å²) in [7, 11) is 0. The Morgan fingerprint density at radius 3 is 2.71 bits per heavy atom. The van der Waals surface area contributed by atoms with Crippen molar-refractivity contribution < 1.29 is 4.39 Å². The maximum Gasteiger partial charge on any atom is 0.146 e. The van der Waals surface area contributed by atoms with Gasteiger partial charge in [0.15, 0.2) is 0 Å². The minimum atomic E-state index is -0.311. The summed E-state index contributed by atoms with van der Waals surface area (Å²) in [5, 5.41) is 0. The summed E-state index contributed by atoms with van der Waals surface area (Å²) in [5.41, 5.74) is 7.89. The molecule has 0 amide bonds. The second-order valence-corrected chi connectivity index (χ2v) is 3.71. The van der Waals surface area contributed by atoms with Crippen LogP contribution in [0.4, 0.5) is 10.1 Å². The number of halogens is 1. The predicted octanol–water partition coefficient (Wildman–Crippen LogP) is 3.37. The number of anilines is 1. The highest BCUT2D eigenvalue weighted by atomic mass is 19.1. The summed E-state index contributed by atoms with van der Waals surface area (Å²) in [5.74, 6) is -0.311. The minimum absolute atomic E-state index is 0.227. The Balaban J connectivity index is 2.32. The van der Waals surface area contributed by atoms with Crippen LogP contribution >= 0.6 is 0 Å². The van der Waals surface area contributed by atoms with Gasteiger partial charge in [-0.25, -0.2) is 4.39 Å². The molecule has 1 aromatic rings. The third-order valence-electron chi connectivity index (χ3n) is 2.66. The van der Waals surface area contributed by atoms with E-state index in [1.807, 2.05) is 6.07 Å². The van der Waals surface area contributed by atoms with Crippen LogP contribution in [-0.2, 0) is 0 Å². The molecular formula is C12H14FN. The summed E-state index contributed by atoms with van der Waals surface area (Å²) >= 11 is 0. The smallest absolute Gasteiger partial charge is 0.146 e. The zero-order valence-corrected chi connectivity index (χ0v) is 8.09. The van der Waals surface area contributed by atoms with E-state index in [0.717, 1.165) is 18.4 Å². The number of benzene rings is 1. The monoisotopic (exact) mass is 191 g/mol. The Labute approximate surface area is 83.4 Å². The van der Waals surface area contributed by atoms with Crippen molar-refractivity contribution in [3.05, 3.63) is 35.7 Å². The van der Waals surface area contributed by atoms with Crippen LogP contribution < -0.4 is 5.73 Å². The predicted molar refractivity (Wildman–Crippen MR) is 57.3 cm³/mol. The molecule has 1 aliphatic rings.